The Morgan fingerprint density at radius 3 is 2.34 bits per heavy atom. The molecule has 2 N–H and O–H groups in total. The lowest BCUT2D eigenvalue weighted by molar-refractivity contribution is -0.142. The van der Waals surface area contributed by atoms with Gasteiger partial charge in [-0.2, -0.15) is 0 Å². The van der Waals surface area contributed by atoms with Crippen LogP contribution < -0.4 is 0 Å². The highest BCUT2D eigenvalue weighted by Gasteiger charge is 2.30. The first-order valence-corrected chi connectivity index (χ1v) is 11.7. The summed E-state index contributed by atoms with van der Waals surface area (Å²) in [5.41, 5.74) is 3.44. The summed E-state index contributed by atoms with van der Waals surface area (Å²) >= 11 is 0. The van der Waals surface area contributed by atoms with Gasteiger partial charge in [0.2, 0.25) is 0 Å². The van der Waals surface area contributed by atoms with Gasteiger partial charge in [0.25, 0.3) is 5.91 Å². The maximum absolute atomic E-state index is 13.8. The number of rotatable bonds is 8. The highest BCUT2D eigenvalue weighted by atomic mass is 16.4. The first-order valence-electron chi connectivity index (χ1n) is 11.7. The molecule has 5 aromatic rings. The Labute approximate surface area is 203 Å². The third-order valence-corrected chi connectivity index (χ3v) is 6.49. The number of benzene rings is 4. The summed E-state index contributed by atoms with van der Waals surface area (Å²) in [4.78, 5) is 31.0. The van der Waals surface area contributed by atoms with Crippen LogP contribution in [-0.4, -0.2) is 39.5 Å². The average Bonchev–Trinajstić information content (AvgIpc) is 3.31. The molecule has 0 bridgehead atoms. The molecule has 0 aliphatic rings. The number of aromatic nitrogens is 1. The molecule has 1 heterocycles. The van der Waals surface area contributed by atoms with Crippen LogP contribution in [0.2, 0.25) is 0 Å². The Morgan fingerprint density at radius 2 is 1.54 bits per heavy atom. The third kappa shape index (κ3) is 4.80. The lowest BCUT2D eigenvalue weighted by Gasteiger charge is -2.29. The molecule has 174 valence electrons. The summed E-state index contributed by atoms with van der Waals surface area (Å²) in [6.45, 7) is 0.289. The van der Waals surface area contributed by atoms with Crippen LogP contribution in [0.3, 0.4) is 0 Å². The molecule has 1 unspecified atom stereocenters. The van der Waals surface area contributed by atoms with Crippen LogP contribution in [-0.2, 0) is 17.6 Å². The van der Waals surface area contributed by atoms with Crippen LogP contribution >= 0.6 is 0 Å². The quantitative estimate of drug-likeness (QED) is 0.311. The van der Waals surface area contributed by atoms with E-state index in [2.05, 4.69) is 4.98 Å². The van der Waals surface area contributed by atoms with Crippen molar-refractivity contribution in [2.75, 3.05) is 6.54 Å². The van der Waals surface area contributed by atoms with E-state index in [1.165, 1.54) is 4.90 Å². The van der Waals surface area contributed by atoms with Gasteiger partial charge in [-0.15, -0.1) is 0 Å². The Kier molecular flexibility index (Phi) is 6.31. The zero-order chi connectivity index (χ0) is 24.2. The van der Waals surface area contributed by atoms with Gasteiger partial charge in [0.1, 0.15) is 6.04 Å². The van der Waals surface area contributed by atoms with Crippen molar-refractivity contribution in [2.45, 2.75) is 18.9 Å². The van der Waals surface area contributed by atoms with E-state index >= 15 is 0 Å². The van der Waals surface area contributed by atoms with Crippen LogP contribution in [0.5, 0.6) is 0 Å². The molecular weight excluding hydrogens is 436 g/mol. The first-order chi connectivity index (χ1) is 17.1. The largest absolute Gasteiger partial charge is 0.480 e. The minimum atomic E-state index is -1.01. The number of hydrogen-bond acceptors (Lipinski definition) is 2. The molecule has 1 aromatic heterocycles. The molecule has 4 aromatic carbocycles. The molecule has 0 radical (unpaired) electrons. The molecule has 1 atom stereocenters. The fourth-order valence-corrected chi connectivity index (χ4v) is 4.63. The van der Waals surface area contributed by atoms with Gasteiger partial charge in [0.05, 0.1) is 0 Å². The zero-order valence-electron chi connectivity index (χ0n) is 19.2. The van der Waals surface area contributed by atoms with E-state index in [1.54, 1.807) is 6.07 Å². The topological polar surface area (TPSA) is 73.4 Å². The molecule has 0 saturated carbocycles. The summed E-state index contributed by atoms with van der Waals surface area (Å²) in [7, 11) is 0. The molecule has 35 heavy (non-hydrogen) atoms. The number of aromatic amines is 1. The highest BCUT2D eigenvalue weighted by Crippen LogP contribution is 2.22. The van der Waals surface area contributed by atoms with Gasteiger partial charge in [-0.05, 0) is 46.5 Å². The predicted octanol–water partition coefficient (Wildman–Crippen LogP) is 5.70. The van der Waals surface area contributed by atoms with Crippen LogP contribution in [0.15, 0.2) is 103 Å². The minimum Gasteiger partial charge on any atom is -0.480 e. The van der Waals surface area contributed by atoms with E-state index < -0.39 is 12.0 Å². The highest BCUT2D eigenvalue weighted by molar-refractivity contribution is 6.00. The van der Waals surface area contributed by atoms with Crippen molar-refractivity contribution >= 4 is 33.6 Å². The van der Waals surface area contributed by atoms with E-state index in [1.807, 2.05) is 97.2 Å². The average molecular weight is 463 g/mol. The number of amides is 1. The van der Waals surface area contributed by atoms with Crippen molar-refractivity contribution in [3.05, 3.63) is 120 Å². The van der Waals surface area contributed by atoms with E-state index in [-0.39, 0.29) is 18.9 Å². The molecule has 0 spiro atoms. The Morgan fingerprint density at radius 1 is 0.829 bits per heavy atom. The number of hydrogen-bond donors (Lipinski definition) is 2. The van der Waals surface area contributed by atoms with Gasteiger partial charge in [0, 0.05) is 35.6 Å². The molecule has 5 rings (SSSR count). The Balaban J connectivity index is 1.49. The number of fused-ring (bicyclic) bond motifs is 2. The fraction of sp³-hybridized carbons (Fsp3) is 0.133. The van der Waals surface area contributed by atoms with Gasteiger partial charge in [0.15, 0.2) is 0 Å². The van der Waals surface area contributed by atoms with Crippen molar-refractivity contribution in [1.82, 2.24) is 9.88 Å². The van der Waals surface area contributed by atoms with Crippen molar-refractivity contribution in [2.24, 2.45) is 0 Å². The third-order valence-electron chi connectivity index (χ3n) is 6.49. The number of H-pyrrole nitrogens is 1. The second-order valence-electron chi connectivity index (χ2n) is 8.71. The number of carbonyl (C=O) groups excluding carboxylic acids is 1. The fourth-order valence-electron chi connectivity index (χ4n) is 4.63. The maximum atomic E-state index is 13.8. The number of carboxylic acids is 1. The number of aliphatic carboxylic acids is 1. The second-order valence-corrected chi connectivity index (χ2v) is 8.71. The summed E-state index contributed by atoms with van der Waals surface area (Å²) in [5.74, 6) is -1.29. The normalized spacial score (nSPS) is 12.0. The van der Waals surface area contributed by atoms with Crippen molar-refractivity contribution < 1.29 is 14.7 Å². The van der Waals surface area contributed by atoms with Crippen molar-refractivity contribution in [1.29, 1.82) is 0 Å². The van der Waals surface area contributed by atoms with Crippen LogP contribution in [0.25, 0.3) is 21.7 Å². The Bertz CT molecular complexity index is 1490. The van der Waals surface area contributed by atoms with E-state index in [9.17, 15) is 14.7 Å². The van der Waals surface area contributed by atoms with Crippen LogP contribution in [0, 0.1) is 0 Å². The molecule has 5 heteroatoms. The van der Waals surface area contributed by atoms with Crippen molar-refractivity contribution in [3.63, 3.8) is 0 Å². The van der Waals surface area contributed by atoms with Crippen LogP contribution in [0.4, 0.5) is 0 Å². The summed E-state index contributed by atoms with van der Waals surface area (Å²) in [6.07, 6.45) is 2.72. The molecule has 0 fully saturated rings. The summed E-state index contributed by atoms with van der Waals surface area (Å²) < 4.78 is 0. The molecular formula is C30H26N2O3. The van der Waals surface area contributed by atoms with Gasteiger partial charge in [-0.1, -0.05) is 78.9 Å². The first kappa shape index (κ1) is 22.4. The van der Waals surface area contributed by atoms with Gasteiger partial charge in [-0.3, -0.25) is 4.79 Å². The summed E-state index contributed by atoms with van der Waals surface area (Å²) in [6, 6.07) is 29.8. The number of carboxylic acid groups (broad SMARTS) is 1. The lowest BCUT2D eigenvalue weighted by atomic mass is 10.0. The molecule has 0 aliphatic heterocycles. The predicted molar refractivity (Wildman–Crippen MR) is 139 cm³/mol. The summed E-state index contributed by atoms with van der Waals surface area (Å²) in [5, 5.41) is 13.3. The number of nitrogens with one attached hydrogen (secondary N) is 1. The van der Waals surface area contributed by atoms with Gasteiger partial charge >= 0.3 is 5.97 Å². The smallest absolute Gasteiger partial charge is 0.326 e. The number of carbonyl (C=O) groups is 2. The lowest BCUT2D eigenvalue weighted by Crippen LogP contribution is -2.47. The molecule has 0 aliphatic carbocycles. The van der Waals surface area contributed by atoms with E-state index in [4.69, 9.17) is 0 Å². The Hall–Kier alpha value is -4.38. The molecule has 5 nitrogen and oxygen atoms in total. The minimum absolute atomic E-state index is 0.239. The maximum Gasteiger partial charge on any atom is 0.326 e. The zero-order valence-corrected chi connectivity index (χ0v) is 19.2. The molecule has 1 amide bonds. The second kappa shape index (κ2) is 9.85. The van der Waals surface area contributed by atoms with Gasteiger partial charge < -0.3 is 15.0 Å². The monoisotopic (exact) mass is 462 g/mol. The van der Waals surface area contributed by atoms with Crippen molar-refractivity contribution in [3.8, 4) is 0 Å². The standard InChI is InChI=1S/C30H26N2O3/c33-29(24-15-14-22-10-4-5-11-23(22)19-24)32(28(30(34)35)18-21-8-2-1-3-9-21)17-16-25-20-31-27-13-7-6-12-26(25)27/h1-15,19-20,28,31H,16-18H2,(H,34,35). The van der Waals surface area contributed by atoms with Gasteiger partial charge in [-0.25, -0.2) is 4.79 Å². The molecule has 0 saturated heterocycles. The van der Waals surface area contributed by atoms with Crippen LogP contribution in [0.1, 0.15) is 21.5 Å². The van der Waals surface area contributed by atoms with E-state index in [0.29, 0.717) is 12.0 Å². The number of nitrogens with zero attached hydrogens (tertiary/aromatic N) is 1. The number of para-hydroxylation sites is 1. The SMILES string of the molecule is O=C(O)C(Cc1ccccc1)N(CCc1c[nH]c2ccccc12)C(=O)c1ccc2ccccc2c1. The van der Waals surface area contributed by atoms with E-state index in [0.717, 1.165) is 32.8 Å².